The van der Waals surface area contributed by atoms with Gasteiger partial charge in [0.05, 0.1) is 13.6 Å². The second kappa shape index (κ2) is 14.2. The zero-order chi connectivity index (χ0) is 27.0. The summed E-state index contributed by atoms with van der Waals surface area (Å²) in [6, 6.07) is 0. The van der Waals surface area contributed by atoms with Crippen LogP contribution in [0.4, 0.5) is 11.9 Å². The molecule has 2 aromatic heterocycles. The zero-order valence-corrected chi connectivity index (χ0v) is 23.5. The molecule has 36 heavy (non-hydrogen) atoms. The van der Waals surface area contributed by atoms with Crippen LogP contribution in [0.25, 0.3) is 0 Å². The van der Waals surface area contributed by atoms with Crippen LogP contribution in [0, 0.1) is 26.1 Å². The highest BCUT2D eigenvalue weighted by Crippen LogP contribution is 2.50. The van der Waals surface area contributed by atoms with Gasteiger partial charge in [-0.05, 0) is 36.3 Å². The summed E-state index contributed by atoms with van der Waals surface area (Å²) in [5, 5.41) is 22.9. The van der Waals surface area contributed by atoms with Crippen LogP contribution in [0.2, 0.25) is 0 Å². The van der Waals surface area contributed by atoms with Gasteiger partial charge in [-0.1, -0.05) is 23.8 Å². The molecule has 0 amide bonds. The molecule has 202 valence electrons. The molecule has 0 aliphatic heterocycles. The Morgan fingerprint density at radius 2 is 1.69 bits per heavy atom. The Hall–Kier alpha value is -1.89. The monoisotopic (exact) mass is 566 g/mol. The van der Waals surface area contributed by atoms with Crippen LogP contribution in [0.3, 0.4) is 0 Å². The van der Waals surface area contributed by atoms with Gasteiger partial charge in [0.25, 0.3) is 0 Å². The summed E-state index contributed by atoms with van der Waals surface area (Å²) in [6.07, 6.45) is 3.24. The third kappa shape index (κ3) is 7.56. The number of alkyl halides is 2. The van der Waals surface area contributed by atoms with Crippen molar-refractivity contribution in [3.05, 3.63) is 44.0 Å². The molecule has 0 radical (unpaired) electrons. The van der Waals surface area contributed by atoms with Crippen LogP contribution in [0.1, 0.15) is 37.8 Å². The normalized spacial score (nSPS) is 12.9. The summed E-state index contributed by atoms with van der Waals surface area (Å²) in [6.45, 7) is 5.47. The predicted molar refractivity (Wildman–Crippen MR) is 139 cm³/mol. The van der Waals surface area contributed by atoms with E-state index in [-0.39, 0.29) is 17.8 Å². The zero-order valence-electron chi connectivity index (χ0n) is 21.1. The van der Waals surface area contributed by atoms with E-state index in [1.54, 1.807) is 7.05 Å². The van der Waals surface area contributed by atoms with Crippen LogP contribution in [0.5, 0.6) is 0 Å². The van der Waals surface area contributed by atoms with Gasteiger partial charge in [0, 0.05) is 31.3 Å². The molecule has 1 unspecified atom stereocenters. The van der Waals surface area contributed by atoms with Crippen molar-refractivity contribution >= 4 is 43.5 Å². The second-order valence-electron chi connectivity index (χ2n) is 8.50. The van der Waals surface area contributed by atoms with E-state index in [9.17, 15) is 20.2 Å². The lowest BCUT2D eigenvalue weighted by molar-refractivity contribution is -0.396. The van der Waals surface area contributed by atoms with Crippen molar-refractivity contribution in [1.29, 1.82) is 0 Å². The Labute approximate surface area is 221 Å². The molecule has 13 nitrogen and oxygen atoms in total. The number of aromatic nitrogens is 4. The molecular formula is C20H33Cl2N8O5P. The predicted octanol–water partition coefficient (Wildman–Crippen LogP) is 4.35. The largest absolute Gasteiger partial charge is 0.434 e. The highest BCUT2D eigenvalue weighted by molar-refractivity contribution is 7.47. The van der Waals surface area contributed by atoms with Gasteiger partial charge < -0.3 is 24.8 Å². The van der Waals surface area contributed by atoms with E-state index in [2.05, 4.69) is 9.97 Å². The lowest BCUT2D eigenvalue weighted by atomic mass is 10.0. The molecule has 0 bridgehead atoms. The first-order valence-corrected chi connectivity index (χ1v) is 13.6. The van der Waals surface area contributed by atoms with Gasteiger partial charge in [-0.25, -0.2) is 18.5 Å². The lowest BCUT2D eigenvalue weighted by Crippen LogP contribution is -2.29. The minimum absolute atomic E-state index is 0.0349. The average molecular weight is 567 g/mol. The van der Waals surface area contributed by atoms with Crippen LogP contribution in [-0.2, 0) is 24.5 Å². The molecule has 2 rings (SSSR count). The molecule has 0 fully saturated rings. The van der Waals surface area contributed by atoms with Gasteiger partial charge in [-0.15, -0.1) is 23.2 Å². The van der Waals surface area contributed by atoms with E-state index >= 15 is 0 Å². The van der Waals surface area contributed by atoms with Gasteiger partial charge in [0.15, 0.2) is 14.1 Å². The van der Waals surface area contributed by atoms with Crippen molar-refractivity contribution in [1.82, 2.24) is 28.4 Å². The molecule has 0 aromatic carbocycles. The van der Waals surface area contributed by atoms with Gasteiger partial charge in [0.2, 0.25) is 0 Å². The number of rotatable bonds is 16. The van der Waals surface area contributed by atoms with Gasteiger partial charge in [-0.2, -0.15) is 0 Å². The third-order valence-corrected chi connectivity index (χ3v) is 7.83. The standard InChI is InChI=1S/C20H33Cl2N8O5P/c1-15(2)18(35-36(25(3)12-8-21)26(4)13-9-22)17-16(24-20(27(17)5)30(33)34)7-6-11-28-14-10-23-19(28)29(31)32/h10,14-15,18H,6-9,11-13H2,1-5H3. The maximum absolute atomic E-state index is 11.7. The van der Waals surface area contributed by atoms with Crippen LogP contribution in [-0.4, -0.2) is 77.2 Å². The van der Waals surface area contributed by atoms with Crippen LogP contribution < -0.4 is 0 Å². The number of nitrogens with zero attached hydrogens (tertiary/aromatic N) is 8. The lowest BCUT2D eigenvalue weighted by Gasteiger charge is -2.36. The molecule has 0 N–H and O–H groups in total. The molecule has 16 heteroatoms. The molecule has 0 saturated carbocycles. The molecular weight excluding hydrogens is 534 g/mol. The van der Waals surface area contributed by atoms with Crippen molar-refractivity contribution in [2.45, 2.75) is 39.3 Å². The van der Waals surface area contributed by atoms with E-state index in [0.717, 1.165) is 0 Å². The number of nitro groups is 2. The number of hydrogen-bond donors (Lipinski definition) is 0. The first-order chi connectivity index (χ1) is 17.0. The summed E-state index contributed by atoms with van der Waals surface area (Å²) in [7, 11) is 4.17. The van der Waals surface area contributed by atoms with E-state index < -0.39 is 24.4 Å². The Kier molecular flexibility index (Phi) is 11.9. The van der Waals surface area contributed by atoms with Crippen molar-refractivity contribution in [3.63, 3.8) is 0 Å². The van der Waals surface area contributed by atoms with E-state index in [4.69, 9.17) is 27.7 Å². The number of imidazole rings is 2. The molecule has 0 aliphatic carbocycles. The minimum Gasteiger partial charge on any atom is -0.390 e. The topological polar surface area (TPSA) is 138 Å². The van der Waals surface area contributed by atoms with Gasteiger partial charge in [-0.3, -0.25) is 0 Å². The Morgan fingerprint density at radius 3 is 2.19 bits per heavy atom. The van der Waals surface area contributed by atoms with Crippen molar-refractivity contribution in [3.8, 4) is 0 Å². The Morgan fingerprint density at radius 1 is 1.11 bits per heavy atom. The maximum Gasteiger partial charge on any atom is 0.434 e. The fourth-order valence-corrected chi connectivity index (χ4v) is 6.42. The molecule has 0 spiro atoms. The maximum atomic E-state index is 11.7. The van der Waals surface area contributed by atoms with Crippen molar-refractivity contribution < 1.29 is 14.4 Å². The van der Waals surface area contributed by atoms with E-state index in [1.807, 2.05) is 37.3 Å². The van der Waals surface area contributed by atoms with Gasteiger partial charge >= 0.3 is 11.9 Å². The minimum atomic E-state index is -1.28. The van der Waals surface area contributed by atoms with Crippen molar-refractivity contribution in [2.75, 3.05) is 38.9 Å². The molecule has 1 atom stereocenters. The average Bonchev–Trinajstić information content (AvgIpc) is 3.39. The first-order valence-electron chi connectivity index (χ1n) is 11.4. The Bertz CT molecular complexity index is 1010. The summed E-state index contributed by atoms with van der Waals surface area (Å²) in [5.41, 5.74) is 1.14. The van der Waals surface area contributed by atoms with Crippen LogP contribution in [0.15, 0.2) is 12.4 Å². The summed E-state index contributed by atoms with van der Waals surface area (Å²) in [5.74, 6) is 0.272. The van der Waals surface area contributed by atoms with E-state index in [0.29, 0.717) is 55.6 Å². The first kappa shape index (κ1) is 30.3. The quantitative estimate of drug-likeness (QED) is 0.125. The SMILES string of the molecule is CC(C)C(OP(N(C)CCCl)N(C)CCCl)c1c(CCCn2ccnc2[N+](=O)[O-])nc([N+](=O)[O-])n1C. The number of halogens is 2. The highest BCUT2D eigenvalue weighted by Gasteiger charge is 2.36. The van der Waals surface area contributed by atoms with Gasteiger partial charge in [0.1, 0.15) is 24.2 Å². The third-order valence-electron chi connectivity index (χ3n) is 5.51. The van der Waals surface area contributed by atoms with E-state index in [1.165, 1.54) is 21.5 Å². The summed E-state index contributed by atoms with van der Waals surface area (Å²) in [4.78, 5) is 29.9. The fourth-order valence-electron chi connectivity index (χ4n) is 3.75. The van der Waals surface area contributed by atoms with Crippen molar-refractivity contribution in [2.24, 2.45) is 13.0 Å². The molecule has 2 aromatic rings. The smallest absolute Gasteiger partial charge is 0.390 e. The number of aryl methyl sites for hydroxylation is 2. The highest BCUT2D eigenvalue weighted by atomic mass is 35.5. The Balaban J connectivity index is 2.39. The van der Waals surface area contributed by atoms with Crippen LogP contribution >= 0.6 is 31.7 Å². The molecule has 0 saturated heterocycles. The summed E-state index contributed by atoms with van der Waals surface area (Å²) >= 11 is 12.0. The summed E-state index contributed by atoms with van der Waals surface area (Å²) < 4.78 is 13.6. The molecule has 2 heterocycles. The second-order valence-corrected chi connectivity index (χ2v) is 11.3. The fraction of sp³-hybridized carbons (Fsp3) is 0.700. The number of hydrogen-bond acceptors (Lipinski definition) is 9. The molecule has 0 aliphatic rings.